The van der Waals surface area contributed by atoms with E-state index in [1.54, 1.807) is 12.1 Å². The number of carbonyl (C=O) groups is 1. The van der Waals surface area contributed by atoms with Crippen molar-refractivity contribution in [3.63, 3.8) is 0 Å². The van der Waals surface area contributed by atoms with Gasteiger partial charge in [-0.25, -0.2) is 0 Å². The van der Waals surface area contributed by atoms with Crippen LogP contribution in [0.25, 0.3) is 0 Å². The lowest BCUT2D eigenvalue weighted by Crippen LogP contribution is -2.44. The molecule has 3 rings (SSSR count). The molecule has 0 bridgehead atoms. The van der Waals surface area contributed by atoms with E-state index in [2.05, 4.69) is 15.1 Å². The van der Waals surface area contributed by atoms with Crippen LogP contribution in [0.5, 0.6) is 0 Å². The number of piperazine rings is 1. The van der Waals surface area contributed by atoms with Gasteiger partial charge in [0.05, 0.1) is 11.4 Å². The summed E-state index contributed by atoms with van der Waals surface area (Å²) >= 11 is 0. The van der Waals surface area contributed by atoms with Crippen molar-refractivity contribution >= 4 is 17.3 Å². The van der Waals surface area contributed by atoms with Gasteiger partial charge in [-0.05, 0) is 31.3 Å². The highest BCUT2D eigenvalue weighted by atomic mass is 19.4. The Bertz CT molecular complexity index is 903. The predicted molar refractivity (Wildman–Crippen MR) is 100 cm³/mol. The van der Waals surface area contributed by atoms with Crippen LogP contribution in [0.15, 0.2) is 47.4 Å². The summed E-state index contributed by atoms with van der Waals surface area (Å²) in [4.78, 5) is 28.8. The molecule has 1 aliphatic heterocycles. The number of amides is 1. The van der Waals surface area contributed by atoms with E-state index in [0.717, 1.165) is 42.5 Å². The number of halogens is 3. The largest absolute Gasteiger partial charge is 0.421 e. The highest BCUT2D eigenvalue weighted by molar-refractivity contribution is 5.94. The Morgan fingerprint density at radius 3 is 2.43 bits per heavy atom. The molecule has 0 radical (unpaired) electrons. The van der Waals surface area contributed by atoms with Crippen molar-refractivity contribution in [1.29, 1.82) is 0 Å². The van der Waals surface area contributed by atoms with Gasteiger partial charge < -0.3 is 19.7 Å². The third kappa shape index (κ3) is 4.53. The molecule has 1 amide bonds. The first-order valence-corrected chi connectivity index (χ1v) is 8.85. The topological polar surface area (TPSA) is 57.6 Å². The molecule has 1 N–H and O–H groups in total. The van der Waals surface area contributed by atoms with Crippen LogP contribution >= 0.6 is 0 Å². The zero-order chi connectivity index (χ0) is 20.3. The maximum absolute atomic E-state index is 12.9. The monoisotopic (exact) mass is 394 g/mol. The summed E-state index contributed by atoms with van der Waals surface area (Å²) in [7, 11) is 2.04. The summed E-state index contributed by atoms with van der Waals surface area (Å²) in [6, 6.07) is 9.07. The molecule has 6 nitrogen and oxygen atoms in total. The summed E-state index contributed by atoms with van der Waals surface area (Å²) in [6.07, 6.45) is -3.59. The van der Waals surface area contributed by atoms with Gasteiger partial charge in [-0.15, -0.1) is 0 Å². The summed E-state index contributed by atoms with van der Waals surface area (Å²) < 4.78 is 39.4. The zero-order valence-electron chi connectivity index (χ0n) is 15.4. The van der Waals surface area contributed by atoms with Crippen LogP contribution in [-0.4, -0.2) is 48.6 Å². The smallest absolute Gasteiger partial charge is 0.367 e. The number of para-hydroxylation sites is 2. The minimum atomic E-state index is -4.76. The van der Waals surface area contributed by atoms with Gasteiger partial charge in [-0.1, -0.05) is 12.1 Å². The molecule has 1 saturated heterocycles. The van der Waals surface area contributed by atoms with Gasteiger partial charge in [0.15, 0.2) is 0 Å². The van der Waals surface area contributed by atoms with Crippen molar-refractivity contribution in [1.82, 2.24) is 9.47 Å². The quantitative estimate of drug-likeness (QED) is 0.864. The summed E-state index contributed by atoms with van der Waals surface area (Å²) in [5.41, 5.74) is -1.12. The van der Waals surface area contributed by atoms with E-state index in [1.165, 1.54) is 6.20 Å². The zero-order valence-corrected chi connectivity index (χ0v) is 15.4. The van der Waals surface area contributed by atoms with E-state index in [1.807, 2.05) is 19.2 Å². The normalized spacial score (nSPS) is 15.5. The third-order valence-corrected chi connectivity index (χ3v) is 4.66. The molecule has 1 aromatic carbocycles. The van der Waals surface area contributed by atoms with E-state index in [0.29, 0.717) is 11.8 Å². The molecule has 0 unspecified atom stereocenters. The molecule has 0 atom stereocenters. The van der Waals surface area contributed by atoms with E-state index in [-0.39, 0.29) is 0 Å². The van der Waals surface area contributed by atoms with E-state index >= 15 is 0 Å². The van der Waals surface area contributed by atoms with E-state index in [9.17, 15) is 22.8 Å². The average Bonchev–Trinajstić information content (AvgIpc) is 2.64. The first-order chi connectivity index (χ1) is 13.3. The highest BCUT2D eigenvalue weighted by Gasteiger charge is 2.34. The second kappa shape index (κ2) is 8.05. The van der Waals surface area contributed by atoms with Gasteiger partial charge in [-0.3, -0.25) is 9.59 Å². The molecule has 9 heteroatoms. The maximum Gasteiger partial charge on any atom is 0.421 e. The fraction of sp³-hybridized carbons (Fsp3) is 0.368. The molecule has 150 valence electrons. The molecule has 0 saturated carbocycles. The Kier molecular flexibility index (Phi) is 5.73. The summed E-state index contributed by atoms with van der Waals surface area (Å²) in [5, 5.41) is 2.72. The number of anilines is 2. The molecule has 2 aromatic rings. The number of nitrogens with zero attached hydrogens (tertiary/aromatic N) is 3. The summed E-state index contributed by atoms with van der Waals surface area (Å²) in [6.45, 7) is 2.89. The van der Waals surface area contributed by atoms with Crippen molar-refractivity contribution in [2.45, 2.75) is 12.7 Å². The molecule has 1 aromatic heterocycles. The Hall–Kier alpha value is -2.81. The number of rotatable bonds is 4. The molecule has 0 aliphatic carbocycles. The fourth-order valence-electron chi connectivity index (χ4n) is 3.12. The van der Waals surface area contributed by atoms with Gasteiger partial charge in [0.25, 0.3) is 5.56 Å². The fourth-order valence-corrected chi connectivity index (χ4v) is 3.12. The van der Waals surface area contributed by atoms with Crippen molar-refractivity contribution in [2.24, 2.45) is 0 Å². The number of hydrogen-bond acceptors (Lipinski definition) is 4. The van der Waals surface area contributed by atoms with Crippen molar-refractivity contribution in [2.75, 3.05) is 43.4 Å². The minimum absolute atomic E-state index is 0.500. The van der Waals surface area contributed by atoms with Gasteiger partial charge in [0.2, 0.25) is 5.91 Å². The molecule has 2 heterocycles. The maximum atomic E-state index is 12.9. The first kappa shape index (κ1) is 19.9. The van der Waals surface area contributed by atoms with Crippen LogP contribution in [0.1, 0.15) is 5.56 Å². The molecular formula is C19H21F3N4O2. The number of nitrogens with one attached hydrogen (secondary N) is 1. The second-order valence-corrected chi connectivity index (χ2v) is 6.71. The molecule has 1 aliphatic rings. The SMILES string of the molecule is CN1CCN(c2ccccc2NC(=O)Cn2cccc(C(F)(F)F)c2=O)CC1. The Morgan fingerprint density at radius 1 is 1.07 bits per heavy atom. The van der Waals surface area contributed by atoms with E-state index in [4.69, 9.17) is 0 Å². The number of benzene rings is 1. The van der Waals surface area contributed by atoms with Crippen molar-refractivity contribution in [3.8, 4) is 0 Å². The lowest BCUT2D eigenvalue weighted by Gasteiger charge is -2.35. The van der Waals surface area contributed by atoms with E-state index < -0.39 is 29.8 Å². The van der Waals surface area contributed by atoms with Gasteiger partial charge in [-0.2, -0.15) is 13.2 Å². The van der Waals surface area contributed by atoms with Gasteiger partial charge >= 0.3 is 6.18 Å². The number of aromatic nitrogens is 1. The van der Waals surface area contributed by atoms with Gasteiger partial charge in [0, 0.05) is 32.4 Å². The summed E-state index contributed by atoms with van der Waals surface area (Å²) in [5.74, 6) is -0.567. The van der Waals surface area contributed by atoms with Crippen LogP contribution in [0, 0.1) is 0 Å². The Labute approximate surface area is 160 Å². The number of carbonyl (C=O) groups excluding carboxylic acids is 1. The van der Waals surface area contributed by atoms with Crippen LogP contribution < -0.4 is 15.8 Å². The Balaban J connectivity index is 1.76. The van der Waals surface area contributed by atoms with Gasteiger partial charge in [0.1, 0.15) is 12.1 Å². The number of pyridine rings is 1. The lowest BCUT2D eigenvalue weighted by molar-refractivity contribution is -0.139. The molecular weight excluding hydrogens is 373 g/mol. The van der Waals surface area contributed by atoms with Crippen molar-refractivity contribution in [3.05, 3.63) is 58.5 Å². The number of likely N-dealkylation sites (N-methyl/N-ethyl adjacent to an activating group) is 1. The second-order valence-electron chi connectivity index (χ2n) is 6.71. The first-order valence-electron chi connectivity index (χ1n) is 8.85. The number of alkyl halides is 3. The molecule has 1 fully saturated rings. The Morgan fingerprint density at radius 2 is 1.75 bits per heavy atom. The lowest BCUT2D eigenvalue weighted by atomic mass is 10.2. The minimum Gasteiger partial charge on any atom is -0.367 e. The van der Waals surface area contributed by atoms with Crippen LogP contribution in [0.4, 0.5) is 24.5 Å². The average molecular weight is 394 g/mol. The molecule has 0 spiro atoms. The van der Waals surface area contributed by atoms with Crippen LogP contribution in [-0.2, 0) is 17.5 Å². The van der Waals surface area contributed by atoms with Crippen LogP contribution in [0.2, 0.25) is 0 Å². The van der Waals surface area contributed by atoms with Crippen molar-refractivity contribution < 1.29 is 18.0 Å². The predicted octanol–water partition coefficient (Wildman–Crippen LogP) is 2.26. The van der Waals surface area contributed by atoms with Crippen LogP contribution in [0.3, 0.4) is 0 Å². The third-order valence-electron chi connectivity index (χ3n) is 4.66. The molecule has 28 heavy (non-hydrogen) atoms. The standard InChI is InChI=1S/C19H21F3N4O2/c1-24-9-11-25(12-10-24)16-7-3-2-6-15(16)23-17(27)13-26-8-4-5-14(18(26)28)19(20,21)22/h2-8H,9-13H2,1H3,(H,23,27). The highest BCUT2D eigenvalue weighted by Crippen LogP contribution is 2.27. The number of hydrogen-bond donors (Lipinski definition) is 1.